The summed E-state index contributed by atoms with van der Waals surface area (Å²) in [6.45, 7) is 2.25. The highest BCUT2D eigenvalue weighted by Gasteiger charge is 2.39. The number of benzene rings is 3. The minimum atomic E-state index is -3.70. The smallest absolute Gasteiger partial charge is 0.265 e. The second-order valence-corrected chi connectivity index (χ2v) is 9.59. The predicted molar refractivity (Wildman–Crippen MR) is 117 cm³/mol. The van der Waals surface area contributed by atoms with Crippen LogP contribution in [0.15, 0.2) is 83.8 Å². The number of halogens is 1. The van der Waals surface area contributed by atoms with E-state index >= 15 is 0 Å². The molecule has 1 aliphatic heterocycles. The van der Waals surface area contributed by atoms with Gasteiger partial charge in [0.25, 0.3) is 10.0 Å². The van der Waals surface area contributed by atoms with Crippen LogP contribution in [0.5, 0.6) is 0 Å². The van der Waals surface area contributed by atoms with Gasteiger partial charge in [-0.25, -0.2) is 12.7 Å². The van der Waals surface area contributed by atoms with E-state index in [4.69, 9.17) is 11.6 Å². The normalized spacial score (nSPS) is 16.3. The van der Waals surface area contributed by atoms with Crippen molar-refractivity contribution >= 4 is 38.3 Å². The Morgan fingerprint density at radius 2 is 1.62 bits per heavy atom. The van der Waals surface area contributed by atoms with E-state index in [-0.39, 0.29) is 6.04 Å². The Balaban J connectivity index is 1.72. The molecule has 0 amide bonds. The summed E-state index contributed by atoms with van der Waals surface area (Å²) in [7, 11) is -3.70. The molecule has 0 saturated heterocycles. The highest BCUT2D eigenvalue weighted by molar-refractivity contribution is 7.92. The number of rotatable bonds is 3. The van der Waals surface area contributed by atoms with Gasteiger partial charge in [0.15, 0.2) is 0 Å². The van der Waals surface area contributed by atoms with Crippen LogP contribution < -0.4 is 4.31 Å². The van der Waals surface area contributed by atoms with Crippen LogP contribution in [0.1, 0.15) is 17.2 Å². The van der Waals surface area contributed by atoms with E-state index in [1.807, 2.05) is 73.7 Å². The van der Waals surface area contributed by atoms with Crippen molar-refractivity contribution in [3.8, 4) is 0 Å². The fraction of sp³-hybridized carbons (Fsp3) is 0.130. The Hall–Kier alpha value is -2.76. The highest BCUT2D eigenvalue weighted by Crippen LogP contribution is 2.43. The molecule has 0 aliphatic carbocycles. The Kier molecular flexibility index (Phi) is 4.19. The first-order valence-electron chi connectivity index (χ1n) is 9.40. The van der Waals surface area contributed by atoms with Gasteiger partial charge in [0.2, 0.25) is 0 Å². The van der Waals surface area contributed by atoms with Gasteiger partial charge in [-0.2, -0.15) is 0 Å². The molecule has 29 heavy (non-hydrogen) atoms. The highest BCUT2D eigenvalue weighted by atomic mass is 35.5. The van der Waals surface area contributed by atoms with Crippen LogP contribution in [0, 0.1) is 6.92 Å². The SMILES string of the molecule is Cc1ccc(S(=O)(=O)N2CC(c3ccccc3Cl)n3c2cc2ccccc23)cc1. The van der Waals surface area contributed by atoms with Gasteiger partial charge in [-0.3, -0.25) is 0 Å². The molecular weight excluding hydrogens is 404 g/mol. The zero-order valence-corrected chi connectivity index (χ0v) is 17.4. The molecule has 1 unspecified atom stereocenters. The standard InChI is InChI=1S/C23H19ClN2O2S/c1-16-10-12-18(13-11-16)29(27,28)25-15-22(19-7-3-4-8-20(19)24)26-21-9-5-2-6-17(21)14-23(25)26/h2-14,22H,15H2,1H3. The molecule has 2 heterocycles. The largest absolute Gasteiger partial charge is 0.317 e. The van der Waals surface area contributed by atoms with Gasteiger partial charge in [-0.15, -0.1) is 0 Å². The maximum absolute atomic E-state index is 13.5. The molecule has 0 fully saturated rings. The molecule has 1 atom stereocenters. The average Bonchev–Trinajstić information content (AvgIpc) is 3.26. The maximum Gasteiger partial charge on any atom is 0.265 e. The molecule has 4 aromatic rings. The summed E-state index contributed by atoms with van der Waals surface area (Å²) in [4.78, 5) is 0.291. The lowest BCUT2D eigenvalue weighted by Crippen LogP contribution is -2.30. The molecule has 3 aromatic carbocycles. The first-order valence-corrected chi connectivity index (χ1v) is 11.2. The van der Waals surface area contributed by atoms with Crippen molar-refractivity contribution in [2.24, 2.45) is 0 Å². The van der Waals surface area contributed by atoms with Crippen molar-refractivity contribution in [2.45, 2.75) is 17.9 Å². The van der Waals surface area contributed by atoms with Crippen LogP contribution in [0.3, 0.4) is 0 Å². The van der Waals surface area contributed by atoms with E-state index in [2.05, 4.69) is 4.57 Å². The van der Waals surface area contributed by atoms with Gasteiger partial charge in [-0.05, 0) is 42.8 Å². The molecule has 0 radical (unpaired) electrons. The van der Waals surface area contributed by atoms with E-state index in [9.17, 15) is 8.42 Å². The van der Waals surface area contributed by atoms with E-state index in [0.29, 0.717) is 22.3 Å². The predicted octanol–water partition coefficient (Wildman–Crippen LogP) is 5.40. The quantitative estimate of drug-likeness (QED) is 0.443. The van der Waals surface area contributed by atoms with Crippen molar-refractivity contribution in [3.05, 3.63) is 95.0 Å². The minimum Gasteiger partial charge on any atom is -0.317 e. The topological polar surface area (TPSA) is 42.3 Å². The van der Waals surface area contributed by atoms with Crippen LogP contribution >= 0.6 is 11.6 Å². The van der Waals surface area contributed by atoms with Gasteiger partial charge >= 0.3 is 0 Å². The summed E-state index contributed by atoms with van der Waals surface area (Å²) in [5.41, 5.74) is 2.93. The molecule has 4 nitrogen and oxygen atoms in total. The third-order valence-electron chi connectivity index (χ3n) is 5.51. The number of sulfonamides is 1. The summed E-state index contributed by atoms with van der Waals surface area (Å²) in [6, 6.07) is 24.3. The summed E-state index contributed by atoms with van der Waals surface area (Å²) in [5, 5.41) is 1.64. The van der Waals surface area contributed by atoms with Gasteiger partial charge < -0.3 is 4.57 Å². The number of aryl methyl sites for hydroxylation is 1. The third-order valence-corrected chi connectivity index (χ3v) is 7.64. The Bertz CT molecular complexity index is 1330. The number of fused-ring (bicyclic) bond motifs is 3. The van der Waals surface area contributed by atoms with Crippen molar-refractivity contribution in [1.82, 2.24) is 4.57 Å². The molecule has 0 spiro atoms. The Labute approximate surface area is 175 Å². The first kappa shape index (κ1) is 18.3. The summed E-state index contributed by atoms with van der Waals surface area (Å²) < 4.78 is 30.6. The Morgan fingerprint density at radius 1 is 0.931 bits per heavy atom. The Morgan fingerprint density at radius 3 is 2.38 bits per heavy atom. The molecule has 1 aliphatic rings. The molecule has 6 heteroatoms. The fourth-order valence-electron chi connectivity index (χ4n) is 4.05. The third kappa shape index (κ3) is 2.84. The van der Waals surface area contributed by atoms with Gasteiger partial charge in [0, 0.05) is 10.4 Å². The average molecular weight is 423 g/mol. The van der Waals surface area contributed by atoms with Crippen molar-refractivity contribution in [3.63, 3.8) is 0 Å². The summed E-state index contributed by atoms with van der Waals surface area (Å²) in [6.07, 6.45) is 0. The fourth-order valence-corrected chi connectivity index (χ4v) is 5.78. The molecule has 1 aromatic heterocycles. The molecule has 0 bridgehead atoms. The number of hydrogen-bond donors (Lipinski definition) is 0. The molecule has 146 valence electrons. The molecule has 5 rings (SSSR count). The van der Waals surface area contributed by atoms with Crippen LogP contribution in [0.25, 0.3) is 10.9 Å². The summed E-state index contributed by atoms with van der Waals surface area (Å²) >= 11 is 6.50. The second-order valence-electron chi connectivity index (χ2n) is 7.32. The van der Waals surface area contributed by atoms with Crippen molar-refractivity contribution in [1.29, 1.82) is 0 Å². The second kappa shape index (κ2) is 6.65. The van der Waals surface area contributed by atoms with E-state index in [1.165, 1.54) is 4.31 Å². The zero-order valence-electron chi connectivity index (χ0n) is 15.8. The summed E-state index contributed by atoms with van der Waals surface area (Å²) in [5.74, 6) is 0.664. The molecular formula is C23H19ClN2O2S. The number of nitrogens with zero attached hydrogens (tertiary/aromatic N) is 2. The number of para-hydroxylation sites is 1. The minimum absolute atomic E-state index is 0.196. The van der Waals surface area contributed by atoms with Crippen molar-refractivity contribution in [2.75, 3.05) is 10.8 Å². The van der Waals surface area contributed by atoms with E-state index in [0.717, 1.165) is 22.0 Å². The lowest BCUT2D eigenvalue weighted by molar-refractivity contribution is 0.589. The van der Waals surface area contributed by atoms with Crippen molar-refractivity contribution < 1.29 is 8.42 Å². The lowest BCUT2D eigenvalue weighted by atomic mass is 10.1. The van der Waals surface area contributed by atoms with E-state index < -0.39 is 10.0 Å². The van der Waals surface area contributed by atoms with Crippen LogP contribution in [-0.2, 0) is 10.0 Å². The maximum atomic E-state index is 13.5. The molecule has 0 saturated carbocycles. The monoisotopic (exact) mass is 422 g/mol. The van der Waals surface area contributed by atoms with Gasteiger partial charge in [-0.1, -0.05) is 65.7 Å². The number of aromatic nitrogens is 1. The number of anilines is 1. The van der Waals surface area contributed by atoms with E-state index in [1.54, 1.807) is 12.1 Å². The first-order chi connectivity index (χ1) is 14.0. The zero-order chi connectivity index (χ0) is 20.2. The van der Waals surface area contributed by atoms with Crippen LogP contribution in [0.2, 0.25) is 5.02 Å². The van der Waals surface area contributed by atoms with Gasteiger partial charge in [0.1, 0.15) is 5.82 Å². The van der Waals surface area contributed by atoms with Crippen LogP contribution in [0.4, 0.5) is 5.82 Å². The number of hydrogen-bond acceptors (Lipinski definition) is 2. The van der Waals surface area contributed by atoms with Gasteiger partial charge in [0.05, 0.1) is 23.0 Å². The lowest BCUT2D eigenvalue weighted by Gasteiger charge is -2.19. The molecule has 0 N–H and O–H groups in total. The van der Waals surface area contributed by atoms with Crippen LogP contribution in [-0.4, -0.2) is 19.5 Å².